The molecule has 0 saturated carbocycles. The number of carbonyl (C=O) groups is 2. The molecule has 17 heteroatoms. The number of nitrogens with one attached hydrogen (secondary N) is 1. The van der Waals surface area contributed by atoms with Gasteiger partial charge in [0.25, 0.3) is 0 Å². The SMILES string of the molecule is C=CCO[C@H]1O[C@H](CO)[C@@H](OP(=O)(Oc2ccccc2)Oc2ccccc2)[C@H](OCC[C@@H](CCCCCCCCCCC)OC(=O)CCCCCCCCCCCCC)[C@H]1NC(=O)OCC(Cl)(Cl)Cl. The van der Waals surface area contributed by atoms with E-state index in [-0.39, 0.29) is 37.1 Å². The van der Waals surface area contributed by atoms with Crippen molar-refractivity contribution in [2.24, 2.45) is 0 Å². The summed E-state index contributed by atoms with van der Waals surface area (Å²) in [5, 5.41) is 13.5. The number of hydrogen-bond acceptors (Lipinski definition) is 12. The summed E-state index contributed by atoms with van der Waals surface area (Å²) < 4.78 is 61.4. The number of halogens is 3. The van der Waals surface area contributed by atoms with E-state index in [0.717, 1.165) is 44.9 Å². The van der Waals surface area contributed by atoms with Crippen LogP contribution in [0.3, 0.4) is 0 Å². The van der Waals surface area contributed by atoms with Crippen molar-refractivity contribution >= 4 is 54.7 Å². The summed E-state index contributed by atoms with van der Waals surface area (Å²) in [5.74, 6) is 0.0709. The van der Waals surface area contributed by atoms with E-state index in [1.807, 2.05) is 0 Å². The highest BCUT2D eigenvalue weighted by atomic mass is 35.6. The van der Waals surface area contributed by atoms with E-state index in [1.54, 1.807) is 60.7 Å². The molecule has 1 aliphatic heterocycles. The minimum Gasteiger partial charge on any atom is -0.462 e. The molecular formula is C52H81Cl3NO12P. The molecule has 1 amide bonds. The van der Waals surface area contributed by atoms with Gasteiger partial charge in [0.2, 0.25) is 3.79 Å². The molecule has 0 spiro atoms. The number of esters is 1. The fraction of sp³-hybridized carbons (Fsp3) is 0.692. The van der Waals surface area contributed by atoms with Crippen LogP contribution in [-0.2, 0) is 37.6 Å². The van der Waals surface area contributed by atoms with Gasteiger partial charge in [0, 0.05) is 12.8 Å². The Hall–Kier alpha value is -2.58. The van der Waals surface area contributed by atoms with E-state index in [0.29, 0.717) is 12.8 Å². The molecule has 13 nitrogen and oxygen atoms in total. The molecule has 0 aromatic heterocycles. The maximum atomic E-state index is 14.9. The number of rotatable bonds is 39. The minimum atomic E-state index is -4.68. The number of amides is 1. The number of ether oxygens (including phenoxy) is 5. The summed E-state index contributed by atoms with van der Waals surface area (Å²) in [7, 11) is -4.68. The van der Waals surface area contributed by atoms with Gasteiger partial charge in [-0.05, 0) is 43.5 Å². The predicted molar refractivity (Wildman–Crippen MR) is 274 cm³/mol. The van der Waals surface area contributed by atoms with Gasteiger partial charge in [0.05, 0.1) is 19.8 Å². The number of aliphatic hydroxyl groups excluding tert-OH is 1. The molecule has 2 aromatic carbocycles. The van der Waals surface area contributed by atoms with Gasteiger partial charge in [-0.2, -0.15) is 0 Å². The molecule has 2 N–H and O–H groups in total. The Labute approximate surface area is 427 Å². The fourth-order valence-electron chi connectivity index (χ4n) is 8.05. The van der Waals surface area contributed by atoms with Gasteiger partial charge in [0.15, 0.2) is 6.29 Å². The van der Waals surface area contributed by atoms with Crippen LogP contribution < -0.4 is 14.4 Å². The van der Waals surface area contributed by atoms with Gasteiger partial charge in [-0.15, -0.1) is 6.58 Å². The van der Waals surface area contributed by atoms with Crippen molar-refractivity contribution in [1.29, 1.82) is 0 Å². The fourth-order valence-corrected chi connectivity index (χ4v) is 9.65. The highest BCUT2D eigenvalue weighted by Gasteiger charge is 2.53. The number of carbonyl (C=O) groups excluding carboxylic acids is 2. The number of alkyl carbamates (subject to hydrolysis) is 1. The number of phosphoric ester groups is 1. The highest BCUT2D eigenvalue weighted by Crippen LogP contribution is 2.52. The lowest BCUT2D eigenvalue weighted by atomic mass is 9.96. The Kier molecular flexibility index (Phi) is 32.0. The van der Waals surface area contributed by atoms with E-state index < -0.39 is 67.7 Å². The minimum absolute atomic E-state index is 0.0323. The van der Waals surface area contributed by atoms with Crippen LogP contribution >= 0.6 is 42.6 Å². The van der Waals surface area contributed by atoms with Gasteiger partial charge >= 0.3 is 19.9 Å². The number of benzene rings is 2. The number of alkyl halides is 3. The molecule has 1 aliphatic rings. The van der Waals surface area contributed by atoms with E-state index in [1.165, 1.54) is 89.5 Å². The van der Waals surface area contributed by atoms with Gasteiger partial charge in [-0.25, -0.2) is 9.36 Å². The zero-order valence-corrected chi connectivity index (χ0v) is 44.3. The molecule has 69 heavy (non-hydrogen) atoms. The van der Waals surface area contributed by atoms with Crippen molar-refractivity contribution in [2.45, 2.75) is 202 Å². The number of unbranched alkanes of at least 4 members (excludes halogenated alkanes) is 18. The average Bonchev–Trinajstić information content (AvgIpc) is 3.32. The summed E-state index contributed by atoms with van der Waals surface area (Å²) >= 11 is 17.7. The zero-order valence-electron chi connectivity index (χ0n) is 41.1. The highest BCUT2D eigenvalue weighted by molar-refractivity contribution is 7.49. The predicted octanol–water partition coefficient (Wildman–Crippen LogP) is 14.3. The van der Waals surface area contributed by atoms with Gasteiger partial charge in [0.1, 0.15) is 48.6 Å². The van der Waals surface area contributed by atoms with Crippen LogP contribution in [0.25, 0.3) is 0 Å². The Bertz CT molecular complexity index is 1650. The summed E-state index contributed by atoms with van der Waals surface area (Å²) in [6, 6.07) is 15.3. The second-order valence-corrected chi connectivity index (χ2v) is 21.7. The summed E-state index contributed by atoms with van der Waals surface area (Å²) in [6.07, 6.45) is 19.1. The molecule has 0 radical (unpaired) electrons. The van der Waals surface area contributed by atoms with Crippen LogP contribution in [0.2, 0.25) is 0 Å². The second kappa shape index (κ2) is 36.4. The normalized spacial score (nSPS) is 18.8. The first kappa shape index (κ1) is 60.7. The van der Waals surface area contributed by atoms with E-state index in [9.17, 15) is 19.3 Å². The zero-order chi connectivity index (χ0) is 50.0. The van der Waals surface area contributed by atoms with E-state index in [2.05, 4.69) is 25.7 Å². The third-order valence-electron chi connectivity index (χ3n) is 11.7. The maximum absolute atomic E-state index is 14.9. The Morgan fingerprint density at radius 2 is 1.25 bits per heavy atom. The lowest BCUT2D eigenvalue weighted by Gasteiger charge is -2.45. The van der Waals surface area contributed by atoms with Gasteiger partial charge in [-0.1, -0.05) is 207 Å². The van der Waals surface area contributed by atoms with Crippen molar-refractivity contribution in [3.8, 4) is 11.5 Å². The van der Waals surface area contributed by atoms with Crippen molar-refractivity contribution in [3.63, 3.8) is 0 Å². The smallest absolute Gasteiger partial charge is 0.462 e. The molecule has 0 aliphatic carbocycles. The lowest BCUT2D eigenvalue weighted by molar-refractivity contribution is -0.271. The lowest BCUT2D eigenvalue weighted by Crippen LogP contribution is -2.66. The third kappa shape index (κ3) is 27.2. The molecule has 1 heterocycles. The number of para-hydroxylation sites is 2. The van der Waals surface area contributed by atoms with Crippen LogP contribution in [0.5, 0.6) is 11.5 Å². The van der Waals surface area contributed by atoms with Crippen molar-refractivity contribution in [3.05, 3.63) is 73.3 Å². The average molecular weight is 1050 g/mol. The molecule has 392 valence electrons. The summed E-state index contributed by atoms with van der Waals surface area (Å²) in [6.45, 7) is 6.84. The molecule has 2 aromatic rings. The van der Waals surface area contributed by atoms with E-state index >= 15 is 0 Å². The topological polar surface area (TPSA) is 157 Å². The molecule has 0 bridgehead atoms. The molecule has 1 saturated heterocycles. The summed E-state index contributed by atoms with van der Waals surface area (Å²) in [5.41, 5.74) is 0. The van der Waals surface area contributed by atoms with Crippen LogP contribution in [0.4, 0.5) is 4.79 Å². The van der Waals surface area contributed by atoms with Crippen molar-refractivity contribution in [1.82, 2.24) is 5.32 Å². The Morgan fingerprint density at radius 3 is 1.74 bits per heavy atom. The third-order valence-corrected chi connectivity index (χ3v) is 13.4. The quantitative estimate of drug-likeness (QED) is 0.0215. The van der Waals surface area contributed by atoms with Crippen LogP contribution in [0.1, 0.15) is 162 Å². The van der Waals surface area contributed by atoms with E-state index in [4.69, 9.17) is 72.1 Å². The second-order valence-electron chi connectivity index (χ2n) is 17.7. The van der Waals surface area contributed by atoms with Gasteiger partial charge < -0.3 is 43.2 Å². The number of hydrogen-bond donors (Lipinski definition) is 2. The number of phosphoric acid groups is 1. The summed E-state index contributed by atoms with van der Waals surface area (Å²) in [4.78, 5) is 26.8. The van der Waals surface area contributed by atoms with Gasteiger partial charge in [-0.3, -0.25) is 9.32 Å². The Balaban J connectivity index is 1.85. The first-order valence-electron chi connectivity index (χ1n) is 25.5. The molecule has 3 rings (SSSR count). The monoisotopic (exact) mass is 1050 g/mol. The molecule has 0 unspecified atom stereocenters. The maximum Gasteiger partial charge on any atom is 0.588 e. The van der Waals surface area contributed by atoms with Crippen LogP contribution in [0, 0.1) is 0 Å². The van der Waals surface area contributed by atoms with Crippen LogP contribution in [0.15, 0.2) is 73.3 Å². The number of aliphatic hydroxyl groups is 1. The largest absolute Gasteiger partial charge is 0.588 e. The first-order valence-corrected chi connectivity index (χ1v) is 28.1. The van der Waals surface area contributed by atoms with Crippen molar-refractivity contribution < 1.29 is 56.5 Å². The molecular weight excluding hydrogens is 968 g/mol. The van der Waals surface area contributed by atoms with Crippen LogP contribution in [-0.4, -0.2) is 84.1 Å². The first-order chi connectivity index (χ1) is 33.4. The van der Waals surface area contributed by atoms with Crippen molar-refractivity contribution in [2.75, 3.05) is 26.4 Å². The Morgan fingerprint density at radius 1 is 0.739 bits per heavy atom. The molecule has 6 atom stereocenters. The molecule has 1 fully saturated rings. The standard InChI is InChI=1S/C52H81Cl3NO12P/c1-4-7-9-11-13-15-16-18-20-22-30-36-46(58)64-42(31-25-21-19-17-14-12-10-8-5-2)37-39-61-49-47(56-51(59)63-41-52(53,54)55)50(62-38-6-3)65-45(40-57)48(49)68-69(60,66-43-32-26-23-27-33-43)67-44-34-28-24-29-35-44/h6,23-24,26-29,32-35,42,45,47-50,57H,3-5,7-22,25,30-31,36-41H2,1-2H3,(H,56,59)/t42-,45-,47-,48-,49-,50+/m1/s1.